The Bertz CT molecular complexity index is 187. The second-order valence-electron chi connectivity index (χ2n) is 3.75. The molecule has 0 aromatic rings. The van der Waals surface area contributed by atoms with E-state index in [2.05, 4.69) is 0 Å². The van der Waals surface area contributed by atoms with Gasteiger partial charge in [-0.15, -0.1) is 0 Å². The molecule has 7 heteroatoms. The van der Waals surface area contributed by atoms with E-state index in [9.17, 15) is 4.57 Å². The summed E-state index contributed by atoms with van der Waals surface area (Å²) in [4.78, 5) is 0. The summed E-state index contributed by atoms with van der Waals surface area (Å²) in [6.07, 6.45) is 5.10. The molecule has 2 atom stereocenters. The summed E-state index contributed by atoms with van der Waals surface area (Å²) in [7, 11) is -2.40. The van der Waals surface area contributed by atoms with E-state index in [1.54, 1.807) is 0 Å². The number of hydrogen-bond acceptors (Lipinski definition) is 5. The largest absolute Gasteiger partial charge is 0.330 e. The van der Waals surface area contributed by atoms with Crippen molar-refractivity contribution in [2.45, 2.75) is 51.7 Å². The van der Waals surface area contributed by atoms with Gasteiger partial charge in [-0.3, -0.25) is 9.09 Å². The van der Waals surface area contributed by atoms with Crippen LogP contribution in [0.25, 0.3) is 0 Å². The normalized spacial score (nSPS) is 14.1. The minimum absolute atomic E-state index is 0. The number of rotatable bonds is 11. The fourth-order valence-electron chi connectivity index (χ4n) is 1.18. The van der Waals surface area contributed by atoms with Crippen LogP contribution in [-0.4, -0.2) is 19.4 Å². The molecule has 0 spiro atoms. The molecule has 5 nitrogen and oxygen atoms in total. The zero-order chi connectivity index (χ0) is 12.2. The first-order valence-electron chi connectivity index (χ1n) is 5.99. The molecule has 17 heavy (non-hydrogen) atoms. The minimum atomic E-state index is -2.40. The van der Waals surface area contributed by atoms with E-state index >= 15 is 0 Å². The molecule has 0 aromatic carbocycles. The first-order chi connectivity index (χ1) is 7.70. The van der Waals surface area contributed by atoms with E-state index < -0.39 is 14.5 Å². The van der Waals surface area contributed by atoms with E-state index in [0.29, 0.717) is 19.6 Å². The van der Waals surface area contributed by atoms with Gasteiger partial charge < -0.3 is 16.0 Å². The van der Waals surface area contributed by atoms with Gasteiger partial charge in [0, 0.05) is 41.7 Å². The molecule has 0 aromatic heterocycles. The molecule has 0 saturated carbocycles. The average molecular weight is 392 g/mol. The van der Waals surface area contributed by atoms with Crippen LogP contribution in [0.2, 0.25) is 0 Å². The summed E-state index contributed by atoms with van der Waals surface area (Å²) in [5.41, 5.74) is 11.0. The summed E-state index contributed by atoms with van der Waals surface area (Å²) < 4.78 is 21.3. The smallest absolute Gasteiger partial charge is 0.320 e. The first-order valence-corrected chi connectivity index (χ1v) is 7.22. The Morgan fingerprint density at radius 3 is 2.53 bits per heavy atom. The SMILES string of the molecule is CCCCO[PH](=O)OC(N)CCCCCN.[Ce]. The summed E-state index contributed by atoms with van der Waals surface area (Å²) in [5, 5.41) is 0. The summed E-state index contributed by atoms with van der Waals surface area (Å²) in [5.74, 6) is 0. The van der Waals surface area contributed by atoms with Crippen molar-refractivity contribution in [3.05, 3.63) is 0 Å². The van der Waals surface area contributed by atoms with Gasteiger partial charge in [-0.2, -0.15) is 0 Å². The molecular weight excluding hydrogens is 367 g/mol. The summed E-state index contributed by atoms with van der Waals surface area (Å²) >= 11 is 0. The molecule has 0 heterocycles. The van der Waals surface area contributed by atoms with Crippen molar-refractivity contribution in [1.29, 1.82) is 0 Å². The van der Waals surface area contributed by atoms with Gasteiger partial charge in [-0.05, 0) is 32.2 Å². The van der Waals surface area contributed by atoms with Crippen LogP contribution in [-0.2, 0) is 13.6 Å². The molecule has 2 unspecified atom stereocenters. The van der Waals surface area contributed by atoms with Crippen molar-refractivity contribution in [1.82, 2.24) is 0 Å². The Morgan fingerprint density at radius 2 is 1.94 bits per heavy atom. The molecule has 0 aliphatic heterocycles. The van der Waals surface area contributed by atoms with Crippen LogP contribution in [0, 0.1) is 41.7 Å². The average Bonchev–Trinajstić information content (AvgIpc) is 2.25. The second-order valence-corrected chi connectivity index (χ2v) is 4.77. The van der Waals surface area contributed by atoms with Crippen LogP contribution < -0.4 is 11.5 Å². The van der Waals surface area contributed by atoms with E-state index in [1.807, 2.05) is 6.92 Å². The third-order valence-corrected chi connectivity index (χ3v) is 3.09. The van der Waals surface area contributed by atoms with Gasteiger partial charge in [0.1, 0.15) is 6.23 Å². The van der Waals surface area contributed by atoms with E-state index in [4.69, 9.17) is 20.5 Å². The Hall–Kier alpha value is 1.45. The molecule has 0 aliphatic carbocycles. The van der Waals surface area contributed by atoms with Crippen molar-refractivity contribution >= 4 is 8.25 Å². The Kier molecular flexibility index (Phi) is 18.9. The molecule has 0 saturated heterocycles. The maximum atomic E-state index is 11.3. The van der Waals surface area contributed by atoms with E-state index in [0.717, 1.165) is 32.1 Å². The maximum absolute atomic E-state index is 11.3. The Labute approximate surface area is 139 Å². The van der Waals surface area contributed by atoms with Crippen LogP contribution in [0.3, 0.4) is 0 Å². The zero-order valence-corrected chi connectivity index (χ0v) is 14.8. The predicted molar refractivity (Wildman–Crippen MR) is 66.4 cm³/mol. The van der Waals surface area contributed by atoms with Crippen LogP contribution in [0.1, 0.15) is 45.4 Å². The van der Waals surface area contributed by atoms with Crippen molar-refractivity contribution in [3.63, 3.8) is 0 Å². The van der Waals surface area contributed by atoms with Crippen molar-refractivity contribution < 1.29 is 55.4 Å². The van der Waals surface area contributed by atoms with Gasteiger partial charge in [0.25, 0.3) is 0 Å². The topological polar surface area (TPSA) is 87.6 Å². The minimum Gasteiger partial charge on any atom is -0.330 e. The third kappa shape index (κ3) is 15.4. The van der Waals surface area contributed by atoms with Gasteiger partial charge in [0.05, 0.1) is 6.61 Å². The quantitative estimate of drug-likeness (QED) is 0.319. The van der Waals surface area contributed by atoms with E-state index in [1.165, 1.54) is 0 Å². The molecular formula is C10H25CeN2O3P. The van der Waals surface area contributed by atoms with Crippen LogP contribution >= 0.6 is 8.25 Å². The third-order valence-electron chi connectivity index (χ3n) is 2.16. The molecule has 102 valence electrons. The second kappa shape index (κ2) is 15.5. The van der Waals surface area contributed by atoms with Gasteiger partial charge in [-0.1, -0.05) is 19.8 Å². The molecule has 0 fully saturated rings. The Balaban J connectivity index is 0. The van der Waals surface area contributed by atoms with Gasteiger partial charge in [0.2, 0.25) is 0 Å². The molecule has 0 rings (SSSR count). The number of hydrogen-bond donors (Lipinski definition) is 2. The predicted octanol–water partition coefficient (Wildman–Crippen LogP) is 2.01. The van der Waals surface area contributed by atoms with Gasteiger partial charge >= 0.3 is 8.25 Å². The molecule has 0 aliphatic rings. The fraction of sp³-hybridized carbons (Fsp3) is 1.00. The van der Waals surface area contributed by atoms with Crippen LogP contribution in [0.4, 0.5) is 0 Å². The standard InChI is InChI=1S/C10H25N2O3P.Ce/c1-2-3-9-14-16(13)15-10(12)7-5-4-6-8-11;/h10,16H,2-9,11-12H2,1H3;. The first kappa shape index (κ1) is 20.8. The zero-order valence-electron chi connectivity index (χ0n) is 10.6. The molecule has 4 N–H and O–H groups in total. The maximum Gasteiger partial charge on any atom is 0.320 e. The number of nitrogens with two attached hydrogens (primary N) is 2. The molecule has 0 radical (unpaired) electrons. The summed E-state index contributed by atoms with van der Waals surface area (Å²) in [6, 6.07) is 0. The van der Waals surface area contributed by atoms with E-state index in [-0.39, 0.29) is 41.7 Å². The summed E-state index contributed by atoms with van der Waals surface area (Å²) in [6.45, 7) is 3.23. The van der Waals surface area contributed by atoms with Gasteiger partial charge in [-0.25, -0.2) is 0 Å². The number of unbranched alkanes of at least 4 members (excludes halogenated alkanes) is 3. The van der Waals surface area contributed by atoms with Crippen LogP contribution in [0.15, 0.2) is 0 Å². The van der Waals surface area contributed by atoms with Gasteiger partial charge in [0.15, 0.2) is 0 Å². The monoisotopic (exact) mass is 392 g/mol. The van der Waals surface area contributed by atoms with Crippen molar-refractivity contribution in [3.8, 4) is 0 Å². The molecule has 0 amide bonds. The van der Waals surface area contributed by atoms with Crippen molar-refractivity contribution in [2.75, 3.05) is 13.2 Å². The molecule has 0 bridgehead atoms. The van der Waals surface area contributed by atoms with Crippen LogP contribution in [0.5, 0.6) is 0 Å². The van der Waals surface area contributed by atoms with Crippen molar-refractivity contribution in [2.24, 2.45) is 11.5 Å². The Morgan fingerprint density at radius 1 is 1.24 bits per heavy atom. The fourth-order valence-corrected chi connectivity index (χ4v) is 1.93.